The molecule has 7 nitrogen and oxygen atoms in total. The number of rotatable bonds is 3. The molecule has 2 aliphatic rings. The molecule has 0 bridgehead atoms. The average Bonchev–Trinajstić information content (AvgIpc) is 3.08. The molecule has 7 heteroatoms. The van der Waals surface area contributed by atoms with Crippen LogP contribution < -0.4 is 11.1 Å². The lowest BCUT2D eigenvalue weighted by atomic mass is 9.95. The lowest BCUT2D eigenvalue weighted by Crippen LogP contribution is -2.46. The molecule has 0 unspecified atom stereocenters. The van der Waals surface area contributed by atoms with Gasteiger partial charge in [0.15, 0.2) is 5.69 Å². The molecule has 2 atom stereocenters. The number of hydrogen-bond donors (Lipinski definition) is 2. The van der Waals surface area contributed by atoms with E-state index in [0.717, 1.165) is 36.9 Å². The minimum absolute atomic E-state index is 0.126. The molecule has 0 aromatic carbocycles. The maximum absolute atomic E-state index is 13.0. The maximum atomic E-state index is 13.0. The van der Waals surface area contributed by atoms with Gasteiger partial charge in [0.25, 0.3) is 5.91 Å². The van der Waals surface area contributed by atoms with Crippen molar-refractivity contribution in [1.82, 2.24) is 20.0 Å². The number of amides is 2. The van der Waals surface area contributed by atoms with Gasteiger partial charge in [-0.05, 0) is 39.0 Å². The van der Waals surface area contributed by atoms with E-state index in [1.54, 1.807) is 4.90 Å². The summed E-state index contributed by atoms with van der Waals surface area (Å²) in [4.78, 5) is 26.9. The van der Waals surface area contributed by atoms with Crippen LogP contribution >= 0.6 is 0 Å². The highest BCUT2D eigenvalue weighted by Gasteiger charge is 2.40. The summed E-state index contributed by atoms with van der Waals surface area (Å²) in [5.74, 6) is -0.286. The molecule has 0 radical (unpaired) electrons. The normalized spacial score (nSPS) is 23.7. The summed E-state index contributed by atoms with van der Waals surface area (Å²) in [5.41, 5.74) is 8.72. The third-order valence-corrected chi connectivity index (χ3v) is 4.82. The lowest BCUT2D eigenvalue weighted by molar-refractivity contribution is -0.124. The van der Waals surface area contributed by atoms with Crippen LogP contribution in [0.4, 0.5) is 0 Å². The second-order valence-corrected chi connectivity index (χ2v) is 6.47. The van der Waals surface area contributed by atoms with Crippen LogP contribution in [-0.2, 0) is 24.7 Å². The largest absolute Gasteiger partial charge is 0.355 e. The van der Waals surface area contributed by atoms with Gasteiger partial charge in [-0.3, -0.25) is 14.3 Å². The fourth-order valence-electron chi connectivity index (χ4n) is 3.71. The molecule has 2 amide bonds. The highest BCUT2D eigenvalue weighted by molar-refractivity contribution is 5.98. The number of likely N-dealkylation sites (tertiary alicyclic amines) is 1. The van der Waals surface area contributed by atoms with Crippen molar-refractivity contribution in [2.45, 2.75) is 51.1 Å². The number of nitrogens with one attached hydrogen (secondary N) is 1. The van der Waals surface area contributed by atoms with E-state index in [1.165, 1.54) is 0 Å². The van der Waals surface area contributed by atoms with E-state index in [2.05, 4.69) is 10.4 Å². The van der Waals surface area contributed by atoms with Crippen molar-refractivity contribution >= 4 is 11.8 Å². The number of nitrogens with zero attached hydrogens (tertiary/aromatic N) is 3. The summed E-state index contributed by atoms with van der Waals surface area (Å²) in [6.07, 6.45) is 4.57. The number of carbonyl (C=O) groups is 2. The zero-order valence-electron chi connectivity index (χ0n) is 13.8. The standard InChI is InChI=1S/C16H25N5O2/c1-3-18-15(22)13-8-10(17)9-21(13)16(23)14-11-6-4-5-7-12(11)20(2)19-14/h10,13H,3-9,17H2,1-2H3,(H,18,22)/t10-,13-/m0/s1. The molecule has 1 fully saturated rings. The predicted molar refractivity (Wildman–Crippen MR) is 86.0 cm³/mol. The molecular weight excluding hydrogens is 294 g/mol. The Bertz CT molecular complexity index is 624. The van der Waals surface area contributed by atoms with E-state index in [-0.39, 0.29) is 17.9 Å². The molecule has 0 saturated carbocycles. The minimum Gasteiger partial charge on any atom is -0.355 e. The van der Waals surface area contributed by atoms with Crippen LogP contribution in [0.25, 0.3) is 0 Å². The molecule has 3 rings (SSSR count). The topological polar surface area (TPSA) is 93.2 Å². The minimum atomic E-state index is -0.487. The van der Waals surface area contributed by atoms with Crippen LogP contribution in [0.2, 0.25) is 0 Å². The summed E-state index contributed by atoms with van der Waals surface area (Å²) < 4.78 is 1.82. The Morgan fingerprint density at radius 3 is 2.83 bits per heavy atom. The molecule has 126 valence electrons. The summed E-state index contributed by atoms with van der Waals surface area (Å²) in [6, 6.07) is -0.648. The number of nitrogens with two attached hydrogens (primary N) is 1. The highest BCUT2D eigenvalue weighted by Crippen LogP contribution is 2.27. The van der Waals surface area contributed by atoms with Crippen LogP contribution in [0.1, 0.15) is 47.9 Å². The molecule has 0 spiro atoms. The number of aryl methyl sites for hydroxylation is 1. The Hall–Kier alpha value is -1.89. The first kappa shape index (κ1) is 16.0. The zero-order chi connectivity index (χ0) is 16.6. The number of aromatic nitrogens is 2. The summed E-state index contributed by atoms with van der Waals surface area (Å²) >= 11 is 0. The zero-order valence-corrected chi connectivity index (χ0v) is 13.8. The van der Waals surface area contributed by atoms with Gasteiger partial charge in [-0.2, -0.15) is 5.10 Å². The molecule has 1 aliphatic heterocycles. The number of likely N-dealkylation sites (N-methyl/N-ethyl adjacent to an activating group) is 1. The monoisotopic (exact) mass is 319 g/mol. The molecule has 1 aromatic rings. The molecular formula is C16H25N5O2. The molecule has 2 heterocycles. The van der Waals surface area contributed by atoms with E-state index in [0.29, 0.717) is 25.2 Å². The van der Waals surface area contributed by atoms with Crippen LogP contribution in [0, 0.1) is 0 Å². The van der Waals surface area contributed by atoms with Crippen molar-refractivity contribution < 1.29 is 9.59 Å². The Morgan fingerprint density at radius 1 is 1.35 bits per heavy atom. The maximum Gasteiger partial charge on any atom is 0.275 e. The molecule has 3 N–H and O–H groups in total. The van der Waals surface area contributed by atoms with Crippen LogP contribution in [-0.4, -0.2) is 51.7 Å². The molecule has 23 heavy (non-hydrogen) atoms. The van der Waals surface area contributed by atoms with E-state index >= 15 is 0 Å². The van der Waals surface area contributed by atoms with E-state index in [9.17, 15) is 9.59 Å². The smallest absolute Gasteiger partial charge is 0.275 e. The summed E-state index contributed by atoms with van der Waals surface area (Å²) in [7, 11) is 1.89. The van der Waals surface area contributed by atoms with Crippen LogP contribution in [0.15, 0.2) is 0 Å². The van der Waals surface area contributed by atoms with E-state index in [4.69, 9.17) is 5.73 Å². The van der Waals surface area contributed by atoms with Crippen LogP contribution in [0.5, 0.6) is 0 Å². The molecule has 1 aromatic heterocycles. The summed E-state index contributed by atoms with van der Waals surface area (Å²) in [5, 5.41) is 7.25. The van der Waals surface area contributed by atoms with E-state index in [1.807, 2.05) is 18.7 Å². The highest BCUT2D eigenvalue weighted by atomic mass is 16.2. The summed E-state index contributed by atoms with van der Waals surface area (Å²) in [6.45, 7) is 2.83. The Morgan fingerprint density at radius 2 is 2.09 bits per heavy atom. The van der Waals surface area contributed by atoms with Crippen molar-refractivity contribution in [2.24, 2.45) is 12.8 Å². The first-order valence-electron chi connectivity index (χ1n) is 8.42. The van der Waals surface area contributed by atoms with Gasteiger partial charge in [0.05, 0.1) is 0 Å². The SMILES string of the molecule is CCNC(=O)[C@@H]1C[C@H](N)CN1C(=O)c1nn(C)c2c1CCCC2. The van der Waals surface area contributed by atoms with Gasteiger partial charge in [-0.25, -0.2) is 0 Å². The Labute approximate surface area is 136 Å². The second-order valence-electron chi connectivity index (χ2n) is 6.47. The Balaban J connectivity index is 1.88. The van der Waals surface area contributed by atoms with Gasteiger partial charge in [0, 0.05) is 37.4 Å². The lowest BCUT2D eigenvalue weighted by Gasteiger charge is -2.23. The van der Waals surface area contributed by atoms with Gasteiger partial charge >= 0.3 is 0 Å². The number of hydrogen-bond acceptors (Lipinski definition) is 4. The molecule has 1 saturated heterocycles. The average molecular weight is 319 g/mol. The van der Waals surface area contributed by atoms with Crippen molar-refractivity contribution in [2.75, 3.05) is 13.1 Å². The third-order valence-electron chi connectivity index (χ3n) is 4.82. The van der Waals surface area contributed by atoms with Crippen molar-refractivity contribution in [3.8, 4) is 0 Å². The molecule has 1 aliphatic carbocycles. The number of carbonyl (C=O) groups excluding carboxylic acids is 2. The van der Waals surface area contributed by atoms with Crippen molar-refractivity contribution in [3.63, 3.8) is 0 Å². The fraction of sp³-hybridized carbons (Fsp3) is 0.688. The third kappa shape index (κ3) is 2.85. The first-order chi connectivity index (χ1) is 11.0. The number of fused-ring (bicyclic) bond motifs is 1. The van der Waals surface area contributed by atoms with Gasteiger partial charge < -0.3 is 16.0 Å². The van der Waals surface area contributed by atoms with Gasteiger partial charge in [-0.15, -0.1) is 0 Å². The van der Waals surface area contributed by atoms with Crippen molar-refractivity contribution in [3.05, 3.63) is 17.0 Å². The fourth-order valence-corrected chi connectivity index (χ4v) is 3.71. The predicted octanol–water partition coefficient (Wildman–Crippen LogP) is -0.0232. The van der Waals surface area contributed by atoms with Crippen LogP contribution in [0.3, 0.4) is 0 Å². The van der Waals surface area contributed by atoms with Gasteiger partial charge in [-0.1, -0.05) is 0 Å². The Kier molecular flexibility index (Phi) is 4.39. The quantitative estimate of drug-likeness (QED) is 0.818. The van der Waals surface area contributed by atoms with E-state index < -0.39 is 6.04 Å². The van der Waals surface area contributed by atoms with Crippen molar-refractivity contribution in [1.29, 1.82) is 0 Å². The first-order valence-corrected chi connectivity index (χ1v) is 8.42. The second kappa shape index (κ2) is 6.31. The van der Waals surface area contributed by atoms with Gasteiger partial charge in [0.2, 0.25) is 5.91 Å². The van der Waals surface area contributed by atoms with Gasteiger partial charge in [0.1, 0.15) is 6.04 Å².